The van der Waals surface area contributed by atoms with Crippen molar-refractivity contribution in [2.75, 3.05) is 33.2 Å². The number of hydrogen-bond donors (Lipinski definition) is 3. The summed E-state index contributed by atoms with van der Waals surface area (Å²) in [6, 6.07) is 7.33. The maximum absolute atomic E-state index is 11.2. The highest BCUT2D eigenvalue weighted by molar-refractivity contribution is 5.92. The normalized spacial score (nSPS) is 16.6. The number of piperidine rings is 1. The Morgan fingerprint density at radius 3 is 2.76 bits per heavy atom. The van der Waals surface area contributed by atoms with Crippen LogP contribution >= 0.6 is 0 Å². The number of amides is 1. The van der Waals surface area contributed by atoms with Crippen molar-refractivity contribution < 1.29 is 4.79 Å². The van der Waals surface area contributed by atoms with Gasteiger partial charge in [0.25, 0.3) is 0 Å². The average Bonchev–Trinajstić information content (AvgIpc) is 2.63. The van der Waals surface area contributed by atoms with Crippen molar-refractivity contribution in [3.05, 3.63) is 35.4 Å². The van der Waals surface area contributed by atoms with E-state index in [0.717, 1.165) is 37.0 Å². The number of hydrogen-bond acceptors (Lipinski definition) is 3. The zero-order valence-corrected chi connectivity index (χ0v) is 15.4. The summed E-state index contributed by atoms with van der Waals surface area (Å²) in [6.45, 7) is 7.43. The van der Waals surface area contributed by atoms with Gasteiger partial charge in [0.1, 0.15) is 0 Å². The lowest BCUT2D eigenvalue weighted by Gasteiger charge is -2.30. The van der Waals surface area contributed by atoms with Gasteiger partial charge >= 0.3 is 0 Å². The topological polar surface area (TPSA) is 82.8 Å². The molecule has 0 saturated carbocycles. The first-order valence-corrected chi connectivity index (χ1v) is 9.14. The molecule has 1 aliphatic rings. The Hall–Kier alpha value is -2.08. The van der Waals surface area contributed by atoms with Crippen molar-refractivity contribution in [3.63, 3.8) is 0 Å². The van der Waals surface area contributed by atoms with Gasteiger partial charge in [-0.05, 0) is 62.5 Å². The molecule has 1 fully saturated rings. The van der Waals surface area contributed by atoms with Gasteiger partial charge in [0.2, 0.25) is 5.91 Å². The highest BCUT2D eigenvalue weighted by Crippen LogP contribution is 2.15. The van der Waals surface area contributed by atoms with Crippen LogP contribution in [0, 0.1) is 5.92 Å². The van der Waals surface area contributed by atoms with E-state index in [4.69, 9.17) is 5.73 Å². The molecule has 1 aliphatic heterocycles. The van der Waals surface area contributed by atoms with Crippen molar-refractivity contribution in [1.29, 1.82) is 0 Å². The third-order valence-corrected chi connectivity index (χ3v) is 4.71. The number of primary amides is 1. The van der Waals surface area contributed by atoms with E-state index in [9.17, 15) is 4.79 Å². The first-order valence-electron chi connectivity index (χ1n) is 9.14. The molecule has 6 nitrogen and oxygen atoms in total. The second kappa shape index (κ2) is 10.0. The van der Waals surface area contributed by atoms with Gasteiger partial charge in [-0.1, -0.05) is 19.1 Å². The summed E-state index contributed by atoms with van der Waals surface area (Å²) in [6.07, 6.45) is 3.74. The summed E-state index contributed by atoms with van der Waals surface area (Å²) in [5.74, 6) is 1.25. The van der Waals surface area contributed by atoms with E-state index in [1.165, 1.54) is 25.9 Å². The minimum Gasteiger partial charge on any atom is -0.366 e. The molecule has 1 amide bonds. The molecular formula is C19H31N5O. The molecule has 1 heterocycles. The molecule has 0 aromatic heterocycles. The Morgan fingerprint density at radius 2 is 2.08 bits per heavy atom. The summed E-state index contributed by atoms with van der Waals surface area (Å²) in [7, 11) is 1.77. The molecule has 6 heteroatoms. The summed E-state index contributed by atoms with van der Waals surface area (Å²) in [5.41, 5.74) is 6.84. The largest absolute Gasteiger partial charge is 0.366 e. The first kappa shape index (κ1) is 19.2. The Balaban J connectivity index is 1.67. The highest BCUT2D eigenvalue weighted by Gasteiger charge is 2.14. The van der Waals surface area contributed by atoms with E-state index < -0.39 is 5.91 Å². The Bertz CT molecular complexity index is 579. The summed E-state index contributed by atoms with van der Waals surface area (Å²) in [5, 5.41) is 6.62. The molecular weight excluding hydrogens is 314 g/mol. The fourth-order valence-electron chi connectivity index (χ4n) is 3.04. The molecule has 25 heavy (non-hydrogen) atoms. The average molecular weight is 345 g/mol. The minimum atomic E-state index is -0.406. The number of guanidine groups is 1. The zero-order chi connectivity index (χ0) is 18.1. The molecule has 0 unspecified atom stereocenters. The van der Waals surface area contributed by atoms with E-state index in [2.05, 4.69) is 27.4 Å². The van der Waals surface area contributed by atoms with Crippen molar-refractivity contribution >= 4 is 11.9 Å². The number of nitrogens with two attached hydrogens (primary N) is 1. The number of aliphatic imine (C=N–C) groups is 1. The fourth-order valence-corrected chi connectivity index (χ4v) is 3.04. The molecule has 1 saturated heterocycles. The Kier molecular flexibility index (Phi) is 7.73. The number of nitrogens with one attached hydrogen (secondary N) is 2. The van der Waals surface area contributed by atoms with Crippen LogP contribution in [0.15, 0.2) is 29.3 Å². The van der Waals surface area contributed by atoms with E-state index in [-0.39, 0.29) is 0 Å². The lowest BCUT2D eigenvalue weighted by molar-refractivity contribution is 0.1000. The number of nitrogens with zero attached hydrogens (tertiary/aromatic N) is 2. The van der Waals surface area contributed by atoms with E-state index >= 15 is 0 Å². The predicted octanol–water partition coefficient (Wildman–Crippen LogP) is 1.57. The minimum absolute atomic E-state index is 0.406. The number of benzene rings is 1. The van der Waals surface area contributed by atoms with Crippen molar-refractivity contribution in [2.24, 2.45) is 16.6 Å². The second-order valence-electron chi connectivity index (χ2n) is 6.79. The lowest BCUT2D eigenvalue weighted by atomic mass is 9.99. The molecule has 1 aromatic carbocycles. The van der Waals surface area contributed by atoms with E-state index in [1.807, 2.05) is 12.1 Å². The van der Waals surface area contributed by atoms with Crippen LogP contribution in [0.25, 0.3) is 0 Å². The second-order valence-corrected chi connectivity index (χ2v) is 6.79. The smallest absolute Gasteiger partial charge is 0.248 e. The summed E-state index contributed by atoms with van der Waals surface area (Å²) < 4.78 is 0. The van der Waals surface area contributed by atoms with Gasteiger partial charge in [-0.2, -0.15) is 0 Å². The van der Waals surface area contributed by atoms with Crippen LogP contribution < -0.4 is 16.4 Å². The van der Waals surface area contributed by atoms with Gasteiger partial charge in [0, 0.05) is 25.7 Å². The fraction of sp³-hybridized carbons (Fsp3) is 0.579. The molecule has 2 rings (SSSR count). The number of carbonyl (C=O) groups excluding carboxylic acids is 1. The van der Waals surface area contributed by atoms with Crippen LogP contribution in [-0.4, -0.2) is 50.0 Å². The van der Waals surface area contributed by atoms with Crippen LogP contribution in [0.1, 0.15) is 42.1 Å². The monoisotopic (exact) mass is 345 g/mol. The maximum Gasteiger partial charge on any atom is 0.248 e. The zero-order valence-electron chi connectivity index (χ0n) is 15.4. The van der Waals surface area contributed by atoms with Crippen LogP contribution in [-0.2, 0) is 6.54 Å². The van der Waals surface area contributed by atoms with Crippen LogP contribution in [0.4, 0.5) is 0 Å². The van der Waals surface area contributed by atoms with Crippen molar-refractivity contribution in [1.82, 2.24) is 15.5 Å². The Morgan fingerprint density at radius 1 is 1.32 bits per heavy atom. The van der Waals surface area contributed by atoms with Crippen molar-refractivity contribution in [2.45, 2.75) is 32.7 Å². The van der Waals surface area contributed by atoms with Crippen LogP contribution in [0.3, 0.4) is 0 Å². The SMILES string of the molecule is CN=C(NCCCN1CCC(C)CC1)NCc1cccc(C(N)=O)c1. The summed E-state index contributed by atoms with van der Waals surface area (Å²) in [4.78, 5) is 18.0. The predicted molar refractivity (Wildman–Crippen MR) is 103 cm³/mol. The molecule has 138 valence electrons. The van der Waals surface area contributed by atoms with Crippen LogP contribution in [0.2, 0.25) is 0 Å². The van der Waals surface area contributed by atoms with E-state index in [0.29, 0.717) is 12.1 Å². The molecule has 4 N–H and O–H groups in total. The standard InChI is InChI=1S/C19H31N5O/c1-15-7-11-24(12-8-15)10-4-9-22-19(21-2)23-14-16-5-3-6-17(13-16)18(20)25/h3,5-6,13,15H,4,7-12,14H2,1-2H3,(H2,20,25)(H2,21,22,23). The lowest BCUT2D eigenvalue weighted by Crippen LogP contribution is -2.39. The molecule has 1 aromatic rings. The van der Waals surface area contributed by atoms with Crippen molar-refractivity contribution in [3.8, 4) is 0 Å². The summed E-state index contributed by atoms with van der Waals surface area (Å²) >= 11 is 0. The number of likely N-dealkylation sites (tertiary alicyclic amines) is 1. The maximum atomic E-state index is 11.2. The molecule has 0 radical (unpaired) electrons. The van der Waals surface area contributed by atoms with Gasteiger partial charge in [-0.3, -0.25) is 9.79 Å². The number of rotatable bonds is 7. The van der Waals surface area contributed by atoms with Gasteiger partial charge < -0.3 is 21.3 Å². The van der Waals surface area contributed by atoms with Gasteiger partial charge in [-0.15, -0.1) is 0 Å². The third kappa shape index (κ3) is 6.74. The Labute approximate surface area is 150 Å². The molecule has 0 bridgehead atoms. The third-order valence-electron chi connectivity index (χ3n) is 4.71. The molecule has 0 aliphatic carbocycles. The first-order chi connectivity index (χ1) is 12.1. The highest BCUT2D eigenvalue weighted by atomic mass is 16.1. The number of carbonyl (C=O) groups is 1. The quantitative estimate of drug-likeness (QED) is 0.398. The van der Waals surface area contributed by atoms with Gasteiger partial charge in [0.15, 0.2) is 5.96 Å². The molecule has 0 spiro atoms. The molecule has 0 atom stereocenters. The van der Waals surface area contributed by atoms with Crippen LogP contribution in [0.5, 0.6) is 0 Å². The van der Waals surface area contributed by atoms with Gasteiger partial charge in [-0.25, -0.2) is 0 Å². The van der Waals surface area contributed by atoms with E-state index in [1.54, 1.807) is 19.2 Å². The van der Waals surface area contributed by atoms with Gasteiger partial charge in [0.05, 0.1) is 0 Å².